The van der Waals surface area contributed by atoms with E-state index in [-0.39, 0.29) is 31.4 Å². The van der Waals surface area contributed by atoms with E-state index in [4.69, 9.17) is 24.2 Å². The van der Waals surface area contributed by atoms with E-state index in [1.54, 1.807) is 13.2 Å². The number of aromatic nitrogens is 2. The monoisotopic (exact) mass is 766 g/mol. The summed E-state index contributed by atoms with van der Waals surface area (Å²) < 4.78 is 45.3. The van der Waals surface area contributed by atoms with Gasteiger partial charge in [0.25, 0.3) is 5.91 Å². The third-order valence-corrected chi connectivity index (χ3v) is 13.1. The third kappa shape index (κ3) is 7.85. The van der Waals surface area contributed by atoms with Gasteiger partial charge in [-0.2, -0.15) is 0 Å². The molecule has 54 heavy (non-hydrogen) atoms. The summed E-state index contributed by atoms with van der Waals surface area (Å²) in [6, 6.07) is 3.20. The zero-order valence-corrected chi connectivity index (χ0v) is 32.1. The Kier molecular flexibility index (Phi) is 10.0. The summed E-state index contributed by atoms with van der Waals surface area (Å²) in [6.45, 7) is 9.18. The minimum atomic E-state index is -3.90. The first kappa shape index (κ1) is 37.8. The van der Waals surface area contributed by atoms with Gasteiger partial charge in [-0.15, -0.1) is 6.58 Å². The second kappa shape index (κ2) is 14.3. The number of hydrogen-bond donors (Lipinski definition) is 3. The van der Waals surface area contributed by atoms with Crippen molar-refractivity contribution in [2.24, 2.45) is 17.3 Å². The number of nitrogens with zero attached hydrogens (tertiary/aromatic N) is 3. The van der Waals surface area contributed by atoms with E-state index in [9.17, 15) is 27.6 Å². The van der Waals surface area contributed by atoms with Crippen LogP contribution in [0, 0.1) is 17.3 Å². The summed E-state index contributed by atoms with van der Waals surface area (Å²) in [7, 11) is -2.33. The fourth-order valence-corrected chi connectivity index (χ4v) is 9.00. The van der Waals surface area contributed by atoms with Crippen molar-refractivity contribution >= 4 is 44.9 Å². The van der Waals surface area contributed by atoms with Crippen molar-refractivity contribution in [2.45, 2.75) is 120 Å². The van der Waals surface area contributed by atoms with Crippen molar-refractivity contribution in [1.82, 2.24) is 30.2 Å². The quantitative estimate of drug-likeness (QED) is 0.350. The minimum absolute atomic E-state index is 0.0245. The molecule has 2 aromatic rings. The van der Waals surface area contributed by atoms with E-state index in [1.165, 1.54) is 11.0 Å². The molecule has 1 unspecified atom stereocenters. The molecule has 0 spiro atoms. The molecule has 292 valence electrons. The van der Waals surface area contributed by atoms with Crippen LogP contribution in [-0.4, -0.2) is 95.8 Å². The normalized spacial score (nSPS) is 30.3. The summed E-state index contributed by atoms with van der Waals surface area (Å²) >= 11 is 0. The van der Waals surface area contributed by atoms with Crippen LogP contribution in [0.2, 0.25) is 0 Å². The lowest BCUT2D eigenvalue weighted by atomic mass is 9.85. The number of carbonyl (C=O) groups is 4. The van der Waals surface area contributed by atoms with Crippen LogP contribution in [0.3, 0.4) is 0 Å². The summed E-state index contributed by atoms with van der Waals surface area (Å²) in [6.07, 6.45) is 5.93. The molecule has 4 fully saturated rings. The average molecular weight is 767 g/mol. The van der Waals surface area contributed by atoms with Crippen LogP contribution >= 0.6 is 0 Å². The van der Waals surface area contributed by atoms with E-state index < -0.39 is 74.1 Å². The number of fused-ring (bicyclic) bond motifs is 5. The molecule has 15 nitrogen and oxygen atoms in total. The zero-order chi connectivity index (χ0) is 38.6. The topological polar surface area (TPSA) is 195 Å². The third-order valence-electron chi connectivity index (χ3n) is 11.3. The number of alkyl carbamates (subject to hydrolysis) is 1. The molecule has 2 bridgehead atoms. The number of ether oxygens (including phenoxy) is 3. The Balaban J connectivity index is 1.22. The highest BCUT2D eigenvalue weighted by molar-refractivity contribution is 7.91. The first-order chi connectivity index (χ1) is 25.6. The minimum Gasteiger partial charge on any atom is -0.497 e. The van der Waals surface area contributed by atoms with Crippen LogP contribution in [-0.2, 0) is 35.6 Å². The summed E-state index contributed by atoms with van der Waals surface area (Å²) in [5.74, 6) is -1.39. The highest BCUT2D eigenvalue weighted by atomic mass is 32.2. The van der Waals surface area contributed by atoms with Crippen molar-refractivity contribution in [3.63, 3.8) is 0 Å². The molecule has 1 aromatic heterocycles. The maximum absolute atomic E-state index is 14.6. The number of sulfonamides is 1. The lowest BCUT2D eigenvalue weighted by Crippen LogP contribution is -2.60. The van der Waals surface area contributed by atoms with Gasteiger partial charge in [0.1, 0.15) is 41.3 Å². The fourth-order valence-electron chi connectivity index (χ4n) is 7.64. The van der Waals surface area contributed by atoms with Gasteiger partial charge < -0.3 is 29.7 Å². The second-order valence-corrected chi connectivity index (χ2v) is 18.4. The number of amides is 4. The van der Waals surface area contributed by atoms with E-state index in [2.05, 4.69) is 21.9 Å². The summed E-state index contributed by atoms with van der Waals surface area (Å²) in [5.41, 5.74) is -0.451. The van der Waals surface area contributed by atoms with Crippen LogP contribution in [0.1, 0.15) is 84.3 Å². The Morgan fingerprint density at radius 1 is 1.07 bits per heavy atom. The molecule has 1 saturated heterocycles. The summed E-state index contributed by atoms with van der Waals surface area (Å²) in [5, 5.41) is 4.96. The number of carbonyl (C=O) groups excluding carboxylic acids is 4. The van der Waals surface area contributed by atoms with Crippen LogP contribution in [0.5, 0.6) is 11.6 Å². The van der Waals surface area contributed by atoms with E-state index in [0.29, 0.717) is 47.6 Å². The van der Waals surface area contributed by atoms with Crippen LogP contribution in [0.15, 0.2) is 30.9 Å². The van der Waals surface area contributed by atoms with Crippen molar-refractivity contribution < 1.29 is 41.8 Å². The van der Waals surface area contributed by atoms with Gasteiger partial charge in [0.05, 0.1) is 29.9 Å². The maximum Gasteiger partial charge on any atom is 0.408 e. The van der Waals surface area contributed by atoms with Crippen molar-refractivity contribution in [3.8, 4) is 11.6 Å². The Morgan fingerprint density at radius 3 is 2.54 bits per heavy atom. The average Bonchev–Trinajstić information content (AvgIpc) is 4.04. The molecule has 3 aliphatic carbocycles. The van der Waals surface area contributed by atoms with Gasteiger partial charge in [-0.1, -0.05) is 39.7 Å². The SMILES string of the molecule is C=C[C@H]1C[C@@]1(NC(=O)[C@@H]1C[C@@H]2CN1C(=O)[C@@H](C(C)(C)C)NC(=O)O[C@@H]1CC1CCCCCc1nc3ccc(OC)cc3nc1O2)C(=O)NS(=O)(=O)C1CC1. The largest absolute Gasteiger partial charge is 0.497 e. The Bertz CT molecular complexity index is 1960. The molecule has 16 heteroatoms. The van der Waals surface area contributed by atoms with Gasteiger partial charge in [0.2, 0.25) is 27.7 Å². The molecular formula is C38H50N6O9S. The molecule has 7 rings (SSSR count). The summed E-state index contributed by atoms with van der Waals surface area (Å²) in [4.78, 5) is 66.8. The molecule has 3 N–H and O–H groups in total. The van der Waals surface area contributed by atoms with Gasteiger partial charge >= 0.3 is 6.09 Å². The van der Waals surface area contributed by atoms with Crippen LogP contribution < -0.4 is 24.8 Å². The number of aryl methyl sites for hydroxylation is 1. The molecule has 1 aromatic carbocycles. The lowest BCUT2D eigenvalue weighted by Gasteiger charge is -2.35. The van der Waals surface area contributed by atoms with Crippen LogP contribution in [0.25, 0.3) is 11.0 Å². The number of nitrogens with one attached hydrogen (secondary N) is 3. The Labute approximate surface area is 315 Å². The molecule has 5 aliphatic rings. The molecular weight excluding hydrogens is 717 g/mol. The van der Waals surface area contributed by atoms with Crippen molar-refractivity contribution in [3.05, 3.63) is 36.5 Å². The van der Waals surface area contributed by atoms with E-state index in [1.807, 2.05) is 32.9 Å². The van der Waals surface area contributed by atoms with Gasteiger partial charge in [-0.25, -0.2) is 23.2 Å². The molecule has 4 amide bonds. The van der Waals surface area contributed by atoms with Gasteiger partial charge in [-0.05, 0) is 68.4 Å². The maximum atomic E-state index is 14.6. The first-order valence-electron chi connectivity index (χ1n) is 18.9. The smallest absolute Gasteiger partial charge is 0.408 e. The molecule has 3 heterocycles. The highest BCUT2D eigenvalue weighted by Gasteiger charge is 2.62. The van der Waals surface area contributed by atoms with Gasteiger partial charge in [0, 0.05) is 18.4 Å². The van der Waals surface area contributed by atoms with Crippen LogP contribution in [0.4, 0.5) is 4.79 Å². The molecule has 0 radical (unpaired) electrons. The van der Waals surface area contributed by atoms with E-state index in [0.717, 1.165) is 32.1 Å². The van der Waals surface area contributed by atoms with Crippen molar-refractivity contribution in [2.75, 3.05) is 13.7 Å². The second-order valence-electron chi connectivity index (χ2n) is 16.5. The highest BCUT2D eigenvalue weighted by Crippen LogP contribution is 2.46. The Morgan fingerprint density at radius 2 is 1.85 bits per heavy atom. The predicted molar refractivity (Wildman–Crippen MR) is 197 cm³/mol. The Hall–Kier alpha value is -4.47. The number of rotatable bonds is 7. The van der Waals surface area contributed by atoms with E-state index >= 15 is 0 Å². The first-order valence-corrected chi connectivity index (χ1v) is 20.5. The number of methoxy groups -OCH3 is 1. The number of hydrogen-bond acceptors (Lipinski definition) is 11. The standard InChI is InChI=1S/C38H50N6O9S/c1-6-22-19-38(22,35(47)43-54(49,50)25-13-14-25)42-32(45)29-18-24-20-44(29)34(46)31(37(2,3)4)41-36(48)53-30-16-21(30)10-8-7-9-11-27-33(52-24)40-28-17-23(51-5)12-15-26(28)39-27/h6,12,15,17,21-22,24-25,29-31H,1,7-11,13-14,16,18-20H2,2-5H3,(H,41,48)(H,42,45)(H,43,47)/t21?,22-,24+,29-,30+,31-,38-/m0/s1. The predicted octanol–water partition coefficient (Wildman–Crippen LogP) is 3.30. The fraction of sp³-hybridized carbons (Fsp3) is 0.632. The molecule has 2 aliphatic heterocycles. The zero-order valence-electron chi connectivity index (χ0n) is 31.3. The number of benzene rings is 1. The van der Waals surface area contributed by atoms with Crippen molar-refractivity contribution in [1.29, 1.82) is 0 Å². The molecule has 3 saturated carbocycles. The van der Waals surface area contributed by atoms with Gasteiger partial charge in [-0.3, -0.25) is 19.1 Å². The molecule has 7 atom stereocenters. The lowest BCUT2D eigenvalue weighted by molar-refractivity contribution is -0.142. The van der Waals surface area contributed by atoms with Gasteiger partial charge in [0.15, 0.2) is 0 Å².